The second-order valence-corrected chi connectivity index (χ2v) is 21.1. The maximum Gasteiger partial charge on any atom is 0.408 e. The van der Waals surface area contributed by atoms with Gasteiger partial charge >= 0.3 is 12.2 Å². The molecule has 3 aliphatic rings. The average molecular weight is 1020 g/mol. The van der Waals surface area contributed by atoms with Crippen LogP contribution in [0.15, 0.2) is 151 Å². The number of methoxy groups -OCH3 is 1. The molecule has 1 aromatic heterocycles. The van der Waals surface area contributed by atoms with E-state index in [-0.39, 0.29) is 36.8 Å². The molecule has 4 N–H and O–H groups in total. The number of carbonyl (C=O) groups excluding carboxylic acids is 5. The zero-order valence-corrected chi connectivity index (χ0v) is 42.0. The number of pyridine rings is 1. The molecular formula is C56H56N6O11S. The third-order valence-electron chi connectivity index (χ3n) is 13.3. The van der Waals surface area contributed by atoms with Crippen LogP contribution in [0.25, 0.3) is 33.3 Å². The number of fused-ring (bicyclic) bond motifs is 4. The number of hydrogen-bond acceptors (Lipinski definition) is 12. The minimum Gasteiger partial charge on any atom is -0.497 e. The summed E-state index contributed by atoms with van der Waals surface area (Å²) in [7, 11) is -2.82. The molecule has 1 aliphatic heterocycles. The lowest BCUT2D eigenvalue weighted by Crippen LogP contribution is -2.59. The molecule has 0 spiro atoms. The van der Waals surface area contributed by atoms with Crippen LogP contribution in [0.1, 0.15) is 50.7 Å². The standard InChI is InChI=1S/C56H56N6O11S/c1-6-35-30-56(35,52(65)61-74(68,69)38-19-11-8-12-20-38)60-50(63)48-28-37(72-49-29-45(34-17-9-7-10-18-34)58-46-27-36(70-5)25-26-43(46)49)32-62(48)51(64)47(59-54(67)73-55(2,3)4)31-57-53(66)71-33-44-41-23-15-13-21-39(41)40-22-14-16-24-42(40)44/h6-27,29,35,37,44,47-48H,1,28,30-33H2,2-5H3,(H,57,66)(H,59,67)(H,60,63)(H,61,65)/t35-,37-,47+,48+,56-/m1/s1. The monoisotopic (exact) mass is 1020 g/mol. The molecule has 2 fully saturated rings. The number of ether oxygens (including phenoxy) is 4. The third-order valence-corrected chi connectivity index (χ3v) is 14.7. The van der Waals surface area contributed by atoms with Gasteiger partial charge in [0.1, 0.15) is 47.4 Å². The van der Waals surface area contributed by atoms with E-state index < -0.39 is 81.7 Å². The van der Waals surface area contributed by atoms with Gasteiger partial charge in [-0.1, -0.05) is 103 Å². The Morgan fingerprint density at radius 1 is 0.851 bits per heavy atom. The fourth-order valence-corrected chi connectivity index (χ4v) is 10.7. The van der Waals surface area contributed by atoms with Gasteiger partial charge in [-0.15, -0.1) is 6.58 Å². The van der Waals surface area contributed by atoms with Crippen LogP contribution < -0.4 is 30.1 Å². The van der Waals surface area contributed by atoms with E-state index in [9.17, 15) is 27.6 Å². The number of carbonyl (C=O) groups is 5. The number of rotatable bonds is 16. The smallest absolute Gasteiger partial charge is 0.408 e. The Labute approximate surface area is 428 Å². The molecule has 74 heavy (non-hydrogen) atoms. The summed E-state index contributed by atoms with van der Waals surface area (Å²) >= 11 is 0. The van der Waals surface area contributed by atoms with Crippen LogP contribution in [0.5, 0.6) is 11.5 Å². The van der Waals surface area contributed by atoms with Gasteiger partial charge in [-0.2, -0.15) is 0 Å². The van der Waals surface area contributed by atoms with Gasteiger partial charge in [-0.05, 0) is 73.7 Å². The Kier molecular flexibility index (Phi) is 14.2. The number of aromatic nitrogens is 1. The largest absolute Gasteiger partial charge is 0.497 e. The quantitative estimate of drug-likeness (QED) is 0.0705. The number of nitrogens with zero attached hydrogens (tertiary/aromatic N) is 2. The van der Waals surface area contributed by atoms with Crippen molar-refractivity contribution in [2.75, 3.05) is 26.8 Å². The molecule has 18 heteroatoms. The van der Waals surface area contributed by atoms with E-state index in [0.29, 0.717) is 28.1 Å². The van der Waals surface area contributed by atoms with E-state index in [0.717, 1.165) is 27.8 Å². The molecule has 1 saturated carbocycles. The molecule has 382 valence electrons. The van der Waals surface area contributed by atoms with Crippen LogP contribution in [0.2, 0.25) is 0 Å². The molecule has 9 rings (SSSR count). The SMILES string of the molecule is C=C[C@@H]1C[C@]1(NC(=O)[C@@H]1C[C@@H](Oc2cc(-c3ccccc3)nc3cc(OC)ccc23)CN1C(=O)[C@H](CNC(=O)OCC1c2ccccc2-c2ccccc21)NC(=O)OC(C)(C)C)C(=O)NS(=O)(=O)c1ccccc1. The first kappa shape index (κ1) is 50.7. The van der Waals surface area contributed by atoms with Gasteiger partial charge < -0.3 is 39.8 Å². The number of nitrogens with one attached hydrogen (secondary N) is 4. The highest BCUT2D eigenvalue weighted by atomic mass is 32.2. The summed E-state index contributed by atoms with van der Waals surface area (Å²) in [4.78, 5) is 77.1. The van der Waals surface area contributed by atoms with Crippen molar-refractivity contribution < 1.29 is 51.3 Å². The predicted octanol–water partition coefficient (Wildman–Crippen LogP) is 7.26. The van der Waals surface area contributed by atoms with Crippen molar-refractivity contribution in [1.29, 1.82) is 0 Å². The Hall–Kier alpha value is -8.25. The van der Waals surface area contributed by atoms with Crippen molar-refractivity contribution in [2.45, 2.75) is 73.8 Å². The van der Waals surface area contributed by atoms with Crippen LogP contribution in [0, 0.1) is 5.92 Å². The molecule has 1 saturated heterocycles. The van der Waals surface area contributed by atoms with E-state index in [1.165, 1.54) is 35.2 Å². The van der Waals surface area contributed by atoms with Gasteiger partial charge in [0.25, 0.3) is 15.9 Å². The Bertz CT molecular complexity index is 3210. The van der Waals surface area contributed by atoms with Crippen molar-refractivity contribution in [1.82, 2.24) is 30.6 Å². The molecule has 2 aliphatic carbocycles. The van der Waals surface area contributed by atoms with Crippen LogP contribution in [-0.4, -0.2) is 104 Å². The fraction of sp³-hybridized carbons (Fsp3) is 0.286. The molecule has 5 amide bonds. The maximum absolute atomic E-state index is 15.1. The summed E-state index contributed by atoms with van der Waals surface area (Å²) in [6.07, 6.45) is -1.41. The first-order chi connectivity index (χ1) is 35.5. The highest BCUT2D eigenvalue weighted by Gasteiger charge is 2.61. The maximum atomic E-state index is 15.1. The highest BCUT2D eigenvalue weighted by molar-refractivity contribution is 7.90. The topological polar surface area (TPSA) is 221 Å². The molecule has 6 aromatic rings. The van der Waals surface area contributed by atoms with Crippen molar-refractivity contribution >= 4 is 50.8 Å². The second kappa shape index (κ2) is 20.7. The highest BCUT2D eigenvalue weighted by Crippen LogP contribution is 2.46. The summed E-state index contributed by atoms with van der Waals surface area (Å²) in [5.74, 6) is -2.61. The Morgan fingerprint density at radius 3 is 2.14 bits per heavy atom. The molecular weight excluding hydrogens is 965 g/mol. The number of benzene rings is 5. The molecule has 0 bridgehead atoms. The van der Waals surface area contributed by atoms with Crippen LogP contribution in [0.4, 0.5) is 9.59 Å². The molecule has 5 aromatic carbocycles. The van der Waals surface area contributed by atoms with Gasteiger partial charge in [-0.3, -0.25) is 14.4 Å². The first-order valence-electron chi connectivity index (χ1n) is 24.1. The molecule has 5 atom stereocenters. The van der Waals surface area contributed by atoms with Gasteiger partial charge in [0.15, 0.2) is 0 Å². The van der Waals surface area contributed by atoms with Crippen LogP contribution in [0.3, 0.4) is 0 Å². The zero-order chi connectivity index (χ0) is 52.4. The number of hydrogen-bond donors (Lipinski definition) is 4. The lowest BCUT2D eigenvalue weighted by atomic mass is 9.98. The summed E-state index contributed by atoms with van der Waals surface area (Å²) in [5, 5.41) is 8.62. The van der Waals surface area contributed by atoms with Crippen molar-refractivity contribution in [2.24, 2.45) is 5.92 Å². The number of alkyl carbamates (subject to hydrolysis) is 2. The number of amides is 5. The van der Waals surface area contributed by atoms with E-state index in [1.807, 2.05) is 78.9 Å². The lowest BCUT2D eigenvalue weighted by Gasteiger charge is -2.30. The number of sulfonamides is 1. The first-order valence-corrected chi connectivity index (χ1v) is 25.6. The van der Waals surface area contributed by atoms with E-state index in [1.54, 1.807) is 58.2 Å². The van der Waals surface area contributed by atoms with Crippen molar-refractivity contribution in [3.05, 3.63) is 157 Å². The predicted molar refractivity (Wildman–Crippen MR) is 275 cm³/mol. The third kappa shape index (κ3) is 10.8. The van der Waals surface area contributed by atoms with E-state index in [4.69, 9.17) is 23.9 Å². The molecule has 0 unspecified atom stereocenters. The van der Waals surface area contributed by atoms with Crippen molar-refractivity contribution in [3.8, 4) is 33.9 Å². The van der Waals surface area contributed by atoms with E-state index >= 15 is 4.79 Å². The lowest BCUT2D eigenvalue weighted by molar-refractivity contribution is -0.141. The fourth-order valence-electron chi connectivity index (χ4n) is 9.61. The normalized spacial score (nSPS) is 19.2. The molecule has 2 heterocycles. The summed E-state index contributed by atoms with van der Waals surface area (Å²) in [6, 6.07) is 36.6. The minimum atomic E-state index is -4.37. The number of likely N-dealkylation sites (tertiary alicyclic amines) is 1. The summed E-state index contributed by atoms with van der Waals surface area (Å²) in [6.45, 7) is 8.02. The molecule has 0 radical (unpaired) electrons. The van der Waals surface area contributed by atoms with Crippen molar-refractivity contribution in [3.63, 3.8) is 0 Å². The Morgan fingerprint density at radius 2 is 1.50 bits per heavy atom. The average Bonchev–Trinajstić information content (AvgIpc) is 3.79. The summed E-state index contributed by atoms with van der Waals surface area (Å²) < 4.78 is 52.5. The van der Waals surface area contributed by atoms with Crippen LogP contribution >= 0.6 is 0 Å². The van der Waals surface area contributed by atoms with Crippen LogP contribution in [-0.2, 0) is 33.9 Å². The van der Waals surface area contributed by atoms with Gasteiger partial charge in [0.05, 0.1) is 36.3 Å². The zero-order valence-electron chi connectivity index (χ0n) is 41.2. The summed E-state index contributed by atoms with van der Waals surface area (Å²) in [5.41, 5.74) is 3.24. The Balaban J connectivity index is 1.01. The second-order valence-electron chi connectivity index (χ2n) is 19.4. The molecule has 17 nitrogen and oxygen atoms in total. The van der Waals surface area contributed by atoms with Gasteiger partial charge in [0, 0.05) is 41.3 Å². The van der Waals surface area contributed by atoms with E-state index in [2.05, 4.69) is 27.3 Å². The van der Waals surface area contributed by atoms with Gasteiger partial charge in [-0.25, -0.2) is 27.7 Å². The van der Waals surface area contributed by atoms with Gasteiger partial charge in [0.2, 0.25) is 11.8 Å². The minimum absolute atomic E-state index is 0.0145.